The quantitative estimate of drug-likeness (QED) is 0.812. The molecule has 6 nitrogen and oxygen atoms in total. The van der Waals surface area contributed by atoms with Crippen molar-refractivity contribution >= 4 is 17.7 Å². The third kappa shape index (κ3) is 2.08. The third-order valence-electron chi connectivity index (χ3n) is 2.03. The first-order chi connectivity index (χ1) is 7.68. The fourth-order valence-corrected chi connectivity index (χ4v) is 2.09. The number of oxazole rings is 1. The Kier molecular flexibility index (Phi) is 2.95. The standard InChI is InChI=1S/C9H9N3O3S/c1-12-7(6(4-11-12)8(13)14)5-16-9-10-2-3-15-9/h2-4H,5H2,1H3,(H,13,14). The van der Waals surface area contributed by atoms with E-state index in [-0.39, 0.29) is 5.56 Å². The number of aryl methyl sites for hydroxylation is 1. The fourth-order valence-electron chi connectivity index (χ4n) is 1.22. The molecule has 0 aliphatic carbocycles. The number of hydrogen-bond acceptors (Lipinski definition) is 5. The number of carbonyl (C=O) groups is 1. The van der Waals surface area contributed by atoms with E-state index in [0.717, 1.165) is 0 Å². The van der Waals surface area contributed by atoms with Gasteiger partial charge in [-0.05, 0) is 0 Å². The first-order valence-corrected chi connectivity index (χ1v) is 5.43. The lowest BCUT2D eigenvalue weighted by Crippen LogP contribution is -2.03. The van der Waals surface area contributed by atoms with Gasteiger partial charge in [-0.3, -0.25) is 4.68 Å². The molecule has 0 unspecified atom stereocenters. The van der Waals surface area contributed by atoms with Crippen molar-refractivity contribution in [2.75, 3.05) is 0 Å². The Hall–Kier alpha value is -1.76. The van der Waals surface area contributed by atoms with E-state index in [4.69, 9.17) is 9.52 Å². The summed E-state index contributed by atoms with van der Waals surface area (Å²) in [5.41, 5.74) is 0.845. The van der Waals surface area contributed by atoms with Crippen molar-refractivity contribution in [3.05, 3.63) is 29.9 Å². The van der Waals surface area contributed by atoms with Gasteiger partial charge in [-0.15, -0.1) is 0 Å². The lowest BCUT2D eigenvalue weighted by atomic mass is 10.3. The predicted molar refractivity (Wildman–Crippen MR) is 56.2 cm³/mol. The molecule has 0 fully saturated rings. The molecule has 2 rings (SSSR count). The molecule has 0 amide bonds. The minimum atomic E-state index is -0.976. The second kappa shape index (κ2) is 4.40. The summed E-state index contributed by atoms with van der Waals surface area (Å²) in [4.78, 5) is 14.8. The lowest BCUT2D eigenvalue weighted by Gasteiger charge is -2.01. The predicted octanol–water partition coefficient (Wildman–Crippen LogP) is 1.40. The second-order valence-corrected chi connectivity index (χ2v) is 3.95. The van der Waals surface area contributed by atoms with Crippen LogP contribution < -0.4 is 0 Å². The highest BCUT2D eigenvalue weighted by Gasteiger charge is 2.15. The highest BCUT2D eigenvalue weighted by molar-refractivity contribution is 7.98. The van der Waals surface area contributed by atoms with Crippen LogP contribution in [0.5, 0.6) is 0 Å². The maximum absolute atomic E-state index is 10.9. The molecule has 16 heavy (non-hydrogen) atoms. The van der Waals surface area contributed by atoms with Crippen molar-refractivity contribution < 1.29 is 14.3 Å². The lowest BCUT2D eigenvalue weighted by molar-refractivity contribution is 0.0696. The van der Waals surface area contributed by atoms with Crippen LogP contribution >= 0.6 is 11.8 Å². The highest BCUT2D eigenvalue weighted by atomic mass is 32.2. The number of aromatic carboxylic acids is 1. The summed E-state index contributed by atoms with van der Waals surface area (Å²) in [5.74, 6) is -0.519. The Labute approximate surface area is 95.3 Å². The van der Waals surface area contributed by atoms with Crippen molar-refractivity contribution in [2.45, 2.75) is 11.0 Å². The average molecular weight is 239 g/mol. The highest BCUT2D eigenvalue weighted by Crippen LogP contribution is 2.22. The summed E-state index contributed by atoms with van der Waals surface area (Å²) in [6.45, 7) is 0. The summed E-state index contributed by atoms with van der Waals surface area (Å²) in [6.07, 6.45) is 4.36. The van der Waals surface area contributed by atoms with Gasteiger partial charge in [-0.1, -0.05) is 11.8 Å². The van der Waals surface area contributed by atoms with Crippen LogP contribution in [0.4, 0.5) is 0 Å². The van der Waals surface area contributed by atoms with Crippen molar-refractivity contribution in [3.8, 4) is 0 Å². The van der Waals surface area contributed by atoms with Crippen LogP contribution in [0.1, 0.15) is 16.1 Å². The molecule has 2 aromatic rings. The van der Waals surface area contributed by atoms with Crippen molar-refractivity contribution in [2.24, 2.45) is 7.05 Å². The summed E-state index contributed by atoms with van der Waals surface area (Å²) >= 11 is 1.33. The zero-order valence-corrected chi connectivity index (χ0v) is 9.27. The number of carboxylic acid groups (broad SMARTS) is 1. The van der Waals surface area contributed by atoms with Gasteiger partial charge in [0, 0.05) is 12.8 Å². The Morgan fingerprint density at radius 3 is 3.12 bits per heavy atom. The molecule has 7 heteroatoms. The number of nitrogens with zero attached hydrogens (tertiary/aromatic N) is 3. The van der Waals surface area contributed by atoms with Gasteiger partial charge in [0.25, 0.3) is 5.22 Å². The Morgan fingerprint density at radius 1 is 1.69 bits per heavy atom. The van der Waals surface area contributed by atoms with Crippen LogP contribution in [0.25, 0.3) is 0 Å². The minimum Gasteiger partial charge on any atom is -0.478 e. The molecule has 1 N–H and O–H groups in total. The summed E-state index contributed by atoms with van der Waals surface area (Å²) < 4.78 is 6.59. The van der Waals surface area contributed by atoms with E-state index < -0.39 is 5.97 Å². The average Bonchev–Trinajstić information content (AvgIpc) is 2.84. The molecule has 0 spiro atoms. The van der Waals surface area contributed by atoms with E-state index in [1.807, 2.05) is 0 Å². The van der Waals surface area contributed by atoms with E-state index in [9.17, 15) is 4.79 Å². The van der Waals surface area contributed by atoms with Crippen molar-refractivity contribution in [1.29, 1.82) is 0 Å². The normalized spacial score (nSPS) is 10.6. The summed E-state index contributed by atoms with van der Waals surface area (Å²) in [7, 11) is 1.71. The number of thioether (sulfide) groups is 1. The zero-order valence-electron chi connectivity index (χ0n) is 8.45. The fraction of sp³-hybridized carbons (Fsp3) is 0.222. The van der Waals surface area contributed by atoms with E-state index >= 15 is 0 Å². The monoisotopic (exact) mass is 239 g/mol. The molecule has 0 aromatic carbocycles. The topological polar surface area (TPSA) is 81.2 Å². The zero-order chi connectivity index (χ0) is 11.5. The molecule has 0 radical (unpaired) electrons. The van der Waals surface area contributed by atoms with Gasteiger partial charge in [0.15, 0.2) is 0 Å². The molecule has 0 aliphatic heterocycles. The van der Waals surface area contributed by atoms with Crippen molar-refractivity contribution in [1.82, 2.24) is 14.8 Å². The van der Waals surface area contributed by atoms with Crippen LogP contribution in [0.2, 0.25) is 0 Å². The van der Waals surface area contributed by atoms with E-state index in [1.165, 1.54) is 24.2 Å². The van der Waals surface area contributed by atoms with Crippen LogP contribution in [0.15, 0.2) is 28.3 Å². The smallest absolute Gasteiger partial charge is 0.339 e. The first-order valence-electron chi connectivity index (χ1n) is 4.45. The molecule has 0 atom stereocenters. The third-order valence-corrected chi connectivity index (χ3v) is 2.90. The number of rotatable bonds is 4. The molecule has 84 valence electrons. The van der Waals surface area contributed by atoms with Gasteiger partial charge in [0.2, 0.25) is 0 Å². The van der Waals surface area contributed by atoms with E-state index in [0.29, 0.717) is 16.7 Å². The SMILES string of the molecule is Cn1ncc(C(=O)O)c1CSc1ncco1. The molecule has 2 aromatic heterocycles. The molecular formula is C9H9N3O3S. The minimum absolute atomic E-state index is 0.210. The Balaban J connectivity index is 2.14. The largest absolute Gasteiger partial charge is 0.478 e. The Bertz CT molecular complexity index is 492. The van der Waals surface area contributed by atoms with Crippen LogP contribution in [-0.4, -0.2) is 25.8 Å². The second-order valence-electron chi connectivity index (χ2n) is 3.02. The molecule has 0 bridgehead atoms. The van der Waals surface area contributed by atoms with Crippen LogP contribution in [-0.2, 0) is 12.8 Å². The summed E-state index contributed by atoms with van der Waals surface area (Å²) in [6, 6.07) is 0. The molecule has 2 heterocycles. The molecule has 0 saturated heterocycles. The van der Waals surface area contributed by atoms with E-state index in [2.05, 4.69) is 10.1 Å². The molecular weight excluding hydrogens is 230 g/mol. The van der Waals surface area contributed by atoms with Gasteiger partial charge >= 0.3 is 5.97 Å². The number of aromatic nitrogens is 3. The van der Waals surface area contributed by atoms with Crippen LogP contribution in [0, 0.1) is 0 Å². The van der Waals surface area contributed by atoms with Crippen LogP contribution in [0.3, 0.4) is 0 Å². The van der Waals surface area contributed by atoms with Gasteiger partial charge in [0.1, 0.15) is 11.8 Å². The van der Waals surface area contributed by atoms with E-state index in [1.54, 1.807) is 17.9 Å². The maximum atomic E-state index is 10.9. The molecule has 0 aliphatic rings. The molecule has 0 saturated carbocycles. The number of carboxylic acids is 1. The number of hydrogen-bond donors (Lipinski definition) is 1. The first kappa shape index (κ1) is 10.7. The van der Waals surface area contributed by atoms with Gasteiger partial charge in [-0.25, -0.2) is 9.78 Å². The Morgan fingerprint density at radius 2 is 2.50 bits per heavy atom. The van der Waals surface area contributed by atoms with Gasteiger partial charge in [-0.2, -0.15) is 5.10 Å². The van der Waals surface area contributed by atoms with Crippen molar-refractivity contribution in [3.63, 3.8) is 0 Å². The maximum Gasteiger partial charge on any atom is 0.339 e. The van der Waals surface area contributed by atoms with Gasteiger partial charge in [0.05, 0.1) is 18.1 Å². The van der Waals surface area contributed by atoms with Gasteiger partial charge < -0.3 is 9.52 Å². The summed E-state index contributed by atoms with van der Waals surface area (Å²) in [5, 5.41) is 13.4.